The molecule has 0 saturated heterocycles. The van der Waals surface area contributed by atoms with Gasteiger partial charge in [0.25, 0.3) is 0 Å². The molecule has 1 atom stereocenters. The molecule has 0 aliphatic carbocycles. The van der Waals surface area contributed by atoms with E-state index >= 15 is 0 Å². The summed E-state index contributed by atoms with van der Waals surface area (Å²) in [5.41, 5.74) is 3.75. The fraction of sp³-hybridized carbons (Fsp3) is 0.538. The highest BCUT2D eigenvalue weighted by Crippen LogP contribution is 2.46. The summed E-state index contributed by atoms with van der Waals surface area (Å²) in [5.74, 6) is 1.05. The van der Waals surface area contributed by atoms with E-state index in [9.17, 15) is 0 Å². The van der Waals surface area contributed by atoms with Gasteiger partial charge in [0.1, 0.15) is 5.75 Å². The van der Waals surface area contributed by atoms with E-state index in [2.05, 4.69) is 35.8 Å². The first-order valence-corrected chi connectivity index (χ1v) is 7.45. The van der Waals surface area contributed by atoms with Crippen molar-refractivity contribution < 1.29 is 8.92 Å². The first-order valence-electron chi connectivity index (χ1n) is 5.85. The van der Waals surface area contributed by atoms with E-state index in [0.29, 0.717) is 5.25 Å². The maximum Gasteiger partial charge on any atom is 0.126 e. The molecule has 17 heavy (non-hydrogen) atoms. The fourth-order valence-corrected chi connectivity index (χ4v) is 3.54. The Morgan fingerprint density at radius 3 is 3.00 bits per heavy atom. The Labute approximate surface area is 115 Å². The largest absolute Gasteiger partial charge is 0.493 e. The summed E-state index contributed by atoms with van der Waals surface area (Å²) < 4.78 is 12.5. The van der Waals surface area contributed by atoms with Crippen LogP contribution in [0.25, 0.3) is 0 Å². The van der Waals surface area contributed by atoms with Crippen LogP contribution >= 0.6 is 28.0 Å². The molecule has 1 aliphatic rings. The maximum atomic E-state index is 5.81. The summed E-state index contributed by atoms with van der Waals surface area (Å²) in [5, 5.41) is 0.384. The molecule has 0 N–H and O–H groups in total. The molecule has 0 aromatic heterocycles. The highest BCUT2D eigenvalue weighted by Gasteiger charge is 2.27. The van der Waals surface area contributed by atoms with Crippen molar-refractivity contribution in [2.24, 2.45) is 0 Å². The molecule has 1 aliphatic heterocycles. The average molecular weight is 317 g/mol. The van der Waals surface area contributed by atoms with E-state index in [-0.39, 0.29) is 0 Å². The molecule has 1 heterocycles. The third kappa shape index (κ3) is 2.64. The molecule has 94 valence electrons. The molecular formula is C13H17BrO2S. The third-order valence-corrected chi connectivity index (χ3v) is 4.86. The fourth-order valence-electron chi connectivity index (χ4n) is 2.11. The molecule has 0 radical (unpaired) electrons. The van der Waals surface area contributed by atoms with E-state index in [4.69, 9.17) is 8.92 Å². The molecule has 1 aromatic rings. The Hall–Kier alpha value is -0.190. The van der Waals surface area contributed by atoms with Crippen LogP contribution < -0.4 is 4.74 Å². The SMILES string of the molecule is CCOSC1CCOc2c(C)cc(Br)c(C)c21. The lowest BCUT2D eigenvalue weighted by atomic mass is 9.97. The lowest BCUT2D eigenvalue weighted by Gasteiger charge is -2.28. The minimum atomic E-state index is 0.384. The molecule has 1 aromatic carbocycles. The minimum Gasteiger partial charge on any atom is -0.493 e. The minimum absolute atomic E-state index is 0.384. The van der Waals surface area contributed by atoms with Crippen molar-refractivity contribution in [1.82, 2.24) is 0 Å². The molecule has 0 amide bonds. The summed E-state index contributed by atoms with van der Waals surface area (Å²) in [6, 6.07) is 2.13. The molecular weight excluding hydrogens is 300 g/mol. The van der Waals surface area contributed by atoms with Gasteiger partial charge in [-0.15, -0.1) is 0 Å². The Morgan fingerprint density at radius 2 is 2.29 bits per heavy atom. The van der Waals surface area contributed by atoms with Crippen molar-refractivity contribution in [3.05, 3.63) is 27.2 Å². The van der Waals surface area contributed by atoms with E-state index in [1.165, 1.54) is 16.7 Å². The summed E-state index contributed by atoms with van der Waals surface area (Å²) in [6.45, 7) is 7.77. The maximum absolute atomic E-state index is 5.81. The number of hydrogen-bond donors (Lipinski definition) is 0. The average Bonchev–Trinajstić information content (AvgIpc) is 2.33. The highest BCUT2D eigenvalue weighted by molar-refractivity contribution is 9.10. The van der Waals surface area contributed by atoms with Crippen LogP contribution in [0.3, 0.4) is 0 Å². The Morgan fingerprint density at radius 1 is 1.53 bits per heavy atom. The van der Waals surface area contributed by atoms with Crippen molar-refractivity contribution in [1.29, 1.82) is 0 Å². The van der Waals surface area contributed by atoms with Crippen LogP contribution in [0.4, 0.5) is 0 Å². The van der Waals surface area contributed by atoms with Gasteiger partial charge < -0.3 is 8.92 Å². The summed E-state index contributed by atoms with van der Waals surface area (Å²) in [6.07, 6.45) is 1.01. The monoisotopic (exact) mass is 316 g/mol. The predicted octanol–water partition coefficient (Wildman–Crippen LogP) is 4.57. The van der Waals surface area contributed by atoms with Gasteiger partial charge in [0.15, 0.2) is 0 Å². The van der Waals surface area contributed by atoms with Gasteiger partial charge in [0.05, 0.1) is 18.5 Å². The Balaban J connectivity index is 2.41. The third-order valence-electron chi connectivity index (χ3n) is 2.96. The van der Waals surface area contributed by atoms with Gasteiger partial charge in [-0.3, -0.25) is 0 Å². The second-order valence-corrected chi connectivity index (χ2v) is 6.02. The standard InChI is InChI=1S/C13H17BrO2S/c1-4-16-17-11-5-6-15-13-8(2)7-10(14)9(3)12(11)13/h7,11H,4-6H2,1-3H3. The molecule has 4 heteroatoms. The van der Waals surface area contributed by atoms with Crippen LogP contribution in [0.1, 0.15) is 35.3 Å². The molecule has 1 unspecified atom stereocenters. The van der Waals surface area contributed by atoms with Gasteiger partial charge in [-0.1, -0.05) is 15.9 Å². The summed E-state index contributed by atoms with van der Waals surface area (Å²) in [7, 11) is 0. The van der Waals surface area contributed by atoms with Gasteiger partial charge in [-0.25, -0.2) is 0 Å². The molecule has 0 bridgehead atoms. The molecule has 0 spiro atoms. The van der Waals surface area contributed by atoms with Crippen LogP contribution in [-0.4, -0.2) is 13.2 Å². The number of benzene rings is 1. The van der Waals surface area contributed by atoms with E-state index in [0.717, 1.165) is 29.9 Å². The highest BCUT2D eigenvalue weighted by atomic mass is 79.9. The lowest BCUT2D eigenvalue weighted by molar-refractivity contribution is 0.279. The van der Waals surface area contributed by atoms with Crippen molar-refractivity contribution in [3.63, 3.8) is 0 Å². The quantitative estimate of drug-likeness (QED) is 0.761. The number of halogens is 1. The van der Waals surface area contributed by atoms with Gasteiger partial charge in [-0.2, -0.15) is 0 Å². The van der Waals surface area contributed by atoms with Gasteiger partial charge >= 0.3 is 0 Å². The molecule has 2 rings (SSSR count). The zero-order valence-electron chi connectivity index (χ0n) is 10.4. The second kappa shape index (κ2) is 5.63. The van der Waals surface area contributed by atoms with Crippen LogP contribution in [0.15, 0.2) is 10.5 Å². The smallest absolute Gasteiger partial charge is 0.126 e. The van der Waals surface area contributed by atoms with Crippen LogP contribution in [0.2, 0.25) is 0 Å². The molecule has 2 nitrogen and oxygen atoms in total. The lowest BCUT2D eigenvalue weighted by Crippen LogP contribution is -2.15. The predicted molar refractivity (Wildman–Crippen MR) is 75.7 cm³/mol. The Kier molecular flexibility index (Phi) is 4.39. The zero-order valence-corrected chi connectivity index (χ0v) is 12.8. The Bertz CT molecular complexity index is 420. The summed E-state index contributed by atoms with van der Waals surface area (Å²) in [4.78, 5) is 0. The number of hydrogen-bond acceptors (Lipinski definition) is 3. The molecule has 0 fully saturated rings. The van der Waals surface area contributed by atoms with Crippen molar-refractivity contribution in [2.75, 3.05) is 13.2 Å². The zero-order chi connectivity index (χ0) is 12.4. The topological polar surface area (TPSA) is 18.5 Å². The van der Waals surface area contributed by atoms with E-state index in [1.807, 2.05) is 6.92 Å². The van der Waals surface area contributed by atoms with E-state index < -0.39 is 0 Å². The van der Waals surface area contributed by atoms with E-state index in [1.54, 1.807) is 12.0 Å². The van der Waals surface area contributed by atoms with Crippen LogP contribution in [-0.2, 0) is 4.18 Å². The van der Waals surface area contributed by atoms with Gasteiger partial charge in [0, 0.05) is 10.0 Å². The normalized spacial score (nSPS) is 18.7. The van der Waals surface area contributed by atoms with Crippen molar-refractivity contribution in [2.45, 2.75) is 32.4 Å². The van der Waals surface area contributed by atoms with Crippen molar-refractivity contribution in [3.8, 4) is 5.75 Å². The van der Waals surface area contributed by atoms with Gasteiger partial charge in [0.2, 0.25) is 0 Å². The first kappa shape index (κ1) is 13.2. The number of fused-ring (bicyclic) bond motifs is 1. The number of ether oxygens (including phenoxy) is 1. The molecule has 0 saturated carbocycles. The number of rotatable bonds is 3. The van der Waals surface area contributed by atoms with Crippen molar-refractivity contribution >= 4 is 28.0 Å². The second-order valence-electron chi connectivity index (χ2n) is 4.17. The first-order chi connectivity index (χ1) is 8.15. The van der Waals surface area contributed by atoms with Gasteiger partial charge in [-0.05, 0) is 56.4 Å². The van der Waals surface area contributed by atoms with Crippen LogP contribution in [0, 0.1) is 13.8 Å². The summed E-state index contributed by atoms with van der Waals surface area (Å²) >= 11 is 5.19. The number of aryl methyl sites for hydroxylation is 1. The van der Waals surface area contributed by atoms with Crippen LogP contribution in [0.5, 0.6) is 5.75 Å².